The van der Waals surface area contributed by atoms with Gasteiger partial charge in [0.2, 0.25) is 11.8 Å². The molecule has 0 radical (unpaired) electrons. The first kappa shape index (κ1) is 20.1. The number of hydrogen-bond donors (Lipinski definition) is 2. The number of carbonyl (C=O) groups excluding carboxylic acids is 2. The second kappa shape index (κ2) is 9.51. The third kappa shape index (κ3) is 5.91. The van der Waals surface area contributed by atoms with Crippen LogP contribution in [0, 0.1) is 5.92 Å². The Hall–Kier alpha value is -1.66. The Bertz CT molecular complexity index is 802. The minimum atomic E-state index is -0.166. The summed E-state index contributed by atoms with van der Waals surface area (Å²) in [5.41, 5.74) is 0.908. The van der Waals surface area contributed by atoms with Gasteiger partial charge in [-0.25, -0.2) is 4.98 Å². The lowest BCUT2D eigenvalue weighted by molar-refractivity contribution is -0.124. The second-order valence-corrected chi connectivity index (χ2v) is 8.75. The van der Waals surface area contributed by atoms with Gasteiger partial charge in [-0.2, -0.15) is 0 Å². The van der Waals surface area contributed by atoms with Crippen molar-refractivity contribution in [1.29, 1.82) is 0 Å². The number of halogens is 1. The maximum atomic E-state index is 12.2. The topological polar surface area (TPSA) is 71.1 Å². The molecule has 1 fully saturated rings. The highest BCUT2D eigenvalue weighted by Gasteiger charge is 2.20. The SMILES string of the molecule is CCC(=O)N[C@H](CNC(=O)CC1CCCC1)Cc1nc2ccc(Cl)cc2s1. The molecule has 2 amide bonds. The monoisotopic (exact) mass is 407 g/mol. The number of nitrogens with zero attached hydrogens (tertiary/aromatic N) is 1. The first-order valence-corrected chi connectivity index (χ1v) is 10.8. The molecule has 0 aliphatic heterocycles. The van der Waals surface area contributed by atoms with Crippen LogP contribution in [0.5, 0.6) is 0 Å². The Balaban J connectivity index is 1.60. The highest BCUT2D eigenvalue weighted by atomic mass is 35.5. The molecule has 1 aliphatic rings. The average Bonchev–Trinajstić information content (AvgIpc) is 3.28. The lowest BCUT2D eigenvalue weighted by Crippen LogP contribution is -2.45. The van der Waals surface area contributed by atoms with E-state index < -0.39 is 0 Å². The van der Waals surface area contributed by atoms with Crippen LogP contribution < -0.4 is 10.6 Å². The fourth-order valence-electron chi connectivity index (χ4n) is 3.53. The minimum Gasteiger partial charge on any atom is -0.354 e. The van der Waals surface area contributed by atoms with Crippen molar-refractivity contribution in [3.05, 3.63) is 28.2 Å². The lowest BCUT2D eigenvalue weighted by Gasteiger charge is -2.19. The molecule has 1 atom stereocenters. The Kier molecular flexibility index (Phi) is 7.07. The summed E-state index contributed by atoms with van der Waals surface area (Å²) >= 11 is 7.63. The molecule has 27 heavy (non-hydrogen) atoms. The van der Waals surface area contributed by atoms with E-state index in [9.17, 15) is 9.59 Å². The molecule has 0 saturated heterocycles. The van der Waals surface area contributed by atoms with Crippen molar-refractivity contribution in [2.75, 3.05) is 6.54 Å². The molecule has 1 aromatic carbocycles. The molecule has 1 aliphatic carbocycles. The van der Waals surface area contributed by atoms with E-state index in [4.69, 9.17) is 11.6 Å². The van der Waals surface area contributed by atoms with Crippen molar-refractivity contribution in [1.82, 2.24) is 15.6 Å². The summed E-state index contributed by atoms with van der Waals surface area (Å²) in [4.78, 5) is 28.8. The van der Waals surface area contributed by atoms with E-state index in [-0.39, 0.29) is 17.9 Å². The minimum absolute atomic E-state index is 0.0193. The van der Waals surface area contributed by atoms with E-state index in [2.05, 4.69) is 15.6 Å². The van der Waals surface area contributed by atoms with Crippen molar-refractivity contribution in [2.24, 2.45) is 5.92 Å². The van der Waals surface area contributed by atoms with E-state index in [1.807, 2.05) is 25.1 Å². The molecule has 0 spiro atoms. The van der Waals surface area contributed by atoms with Gasteiger partial charge in [0.15, 0.2) is 0 Å². The molecule has 0 unspecified atom stereocenters. The predicted molar refractivity (Wildman–Crippen MR) is 110 cm³/mol. The third-order valence-corrected chi connectivity index (χ3v) is 6.27. The van der Waals surface area contributed by atoms with Crippen molar-refractivity contribution < 1.29 is 9.59 Å². The molecule has 1 heterocycles. The molecular formula is C20H26ClN3O2S. The van der Waals surface area contributed by atoms with Crippen molar-refractivity contribution >= 4 is 45.0 Å². The molecule has 1 saturated carbocycles. The van der Waals surface area contributed by atoms with Crippen LogP contribution in [-0.2, 0) is 16.0 Å². The first-order chi connectivity index (χ1) is 13.0. The zero-order valence-electron chi connectivity index (χ0n) is 15.6. The van der Waals surface area contributed by atoms with Crippen LogP contribution in [-0.4, -0.2) is 29.4 Å². The maximum Gasteiger partial charge on any atom is 0.220 e. The average molecular weight is 408 g/mol. The molecular weight excluding hydrogens is 382 g/mol. The lowest BCUT2D eigenvalue weighted by atomic mass is 10.0. The van der Waals surface area contributed by atoms with Gasteiger partial charge < -0.3 is 10.6 Å². The van der Waals surface area contributed by atoms with E-state index in [1.165, 1.54) is 12.8 Å². The van der Waals surface area contributed by atoms with Crippen LogP contribution in [0.2, 0.25) is 5.02 Å². The number of fused-ring (bicyclic) bond motifs is 1. The Morgan fingerprint density at radius 1 is 1.30 bits per heavy atom. The second-order valence-electron chi connectivity index (χ2n) is 7.20. The molecule has 5 nitrogen and oxygen atoms in total. The van der Waals surface area contributed by atoms with Gasteiger partial charge in [0.05, 0.1) is 21.3 Å². The summed E-state index contributed by atoms with van der Waals surface area (Å²) in [5.74, 6) is 0.575. The number of benzene rings is 1. The molecule has 2 N–H and O–H groups in total. The third-order valence-electron chi connectivity index (χ3n) is 5.00. The first-order valence-electron chi connectivity index (χ1n) is 9.64. The largest absolute Gasteiger partial charge is 0.354 e. The summed E-state index contributed by atoms with van der Waals surface area (Å²) in [6.45, 7) is 2.25. The van der Waals surface area contributed by atoms with Crippen LogP contribution >= 0.6 is 22.9 Å². The molecule has 146 valence electrons. The van der Waals surface area contributed by atoms with Gasteiger partial charge >= 0.3 is 0 Å². The maximum absolute atomic E-state index is 12.2. The molecule has 3 rings (SSSR count). The van der Waals surface area contributed by atoms with Crippen LogP contribution in [0.15, 0.2) is 18.2 Å². The number of thiazole rings is 1. The van der Waals surface area contributed by atoms with Gasteiger partial charge in [-0.1, -0.05) is 31.4 Å². The normalized spacial score (nSPS) is 15.8. The summed E-state index contributed by atoms with van der Waals surface area (Å²) in [7, 11) is 0. The van der Waals surface area contributed by atoms with Gasteiger partial charge in [0, 0.05) is 30.8 Å². The van der Waals surface area contributed by atoms with E-state index in [0.717, 1.165) is 28.1 Å². The molecule has 0 bridgehead atoms. The number of nitrogens with one attached hydrogen (secondary N) is 2. The van der Waals surface area contributed by atoms with Gasteiger partial charge in [0.25, 0.3) is 0 Å². The molecule has 2 aromatic rings. The Labute approximate surface area is 168 Å². The highest BCUT2D eigenvalue weighted by Crippen LogP contribution is 2.27. The van der Waals surface area contributed by atoms with Gasteiger partial charge in [-0.05, 0) is 37.0 Å². The predicted octanol–water partition coefficient (Wildman–Crippen LogP) is 4.08. The van der Waals surface area contributed by atoms with E-state index in [1.54, 1.807) is 11.3 Å². The van der Waals surface area contributed by atoms with Crippen LogP contribution in [0.1, 0.15) is 50.5 Å². The summed E-state index contributed by atoms with van der Waals surface area (Å²) in [6, 6.07) is 5.47. The Morgan fingerprint density at radius 2 is 2.07 bits per heavy atom. The van der Waals surface area contributed by atoms with Gasteiger partial charge in [0.1, 0.15) is 0 Å². The summed E-state index contributed by atoms with van der Waals surface area (Å²) in [5, 5.41) is 7.63. The number of aromatic nitrogens is 1. The van der Waals surface area contributed by atoms with Crippen molar-refractivity contribution in [2.45, 2.75) is 57.9 Å². The van der Waals surface area contributed by atoms with Crippen LogP contribution in [0.4, 0.5) is 0 Å². The zero-order valence-corrected chi connectivity index (χ0v) is 17.2. The molecule has 7 heteroatoms. The fraction of sp³-hybridized carbons (Fsp3) is 0.550. The van der Waals surface area contributed by atoms with Crippen LogP contribution in [0.25, 0.3) is 10.2 Å². The zero-order chi connectivity index (χ0) is 19.2. The van der Waals surface area contributed by atoms with Crippen molar-refractivity contribution in [3.63, 3.8) is 0 Å². The molecule has 1 aromatic heterocycles. The summed E-state index contributed by atoms with van der Waals surface area (Å²) in [6.07, 6.45) is 6.36. The van der Waals surface area contributed by atoms with Gasteiger partial charge in [-0.3, -0.25) is 9.59 Å². The van der Waals surface area contributed by atoms with E-state index >= 15 is 0 Å². The number of rotatable bonds is 8. The number of carbonyl (C=O) groups is 2. The van der Waals surface area contributed by atoms with Gasteiger partial charge in [-0.15, -0.1) is 11.3 Å². The van der Waals surface area contributed by atoms with Crippen LogP contribution in [0.3, 0.4) is 0 Å². The summed E-state index contributed by atoms with van der Waals surface area (Å²) < 4.78 is 1.03. The number of hydrogen-bond acceptors (Lipinski definition) is 4. The van der Waals surface area contributed by atoms with Crippen molar-refractivity contribution in [3.8, 4) is 0 Å². The highest BCUT2D eigenvalue weighted by molar-refractivity contribution is 7.18. The fourth-order valence-corrected chi connectivity index (χ4v) is 4.86. The number of amides is 2. The quantitative estimate of drug-likeness (QED) is 0.692. The Morgan fingerprint density at radius 3 is 2.81 bits per heavy atom. The standard InChI is InChI=1S/C20H26ClN3O2S/c1-2-18(25)23-15(12-22-19(26)9-13-5-3-4-6-13)11-20-24-16-8-7-14(21)10-17(16)27-20/h7-8,10,13,15H,2-6,9,11-12H2,1H3,(H,22,26)(H,23,25)/t15-/m0/s1. The van der Waals surface area contributed by atoms with E-state index in [0.29, 0.717) is 36.7 Å². The smallest absolute Gasteiger partial charge is 0.220 e.